The lowest BCUT2D eigenvalue weighted by molar-refractivity contribution is -0.136. The molecule has 1 aliphatic rings. The number of hydrogen-bond acceptors (Lipinski definition) is 2. The predicted octanol–water partition coefficient (Wildman–Crippen LogP) is 3.78. The average molecular weight is 310 g/mol. The molecule has 118 valence electrons. The number of aromatic amines is 1. The molecular formula is C16H17F3N2O. The van der Waals surface area contributed by atoms with Gasteiger partial charge >= 0.3 is 6.18 Å². The van der Waals surface area contributed by atoms with Crippen molar-refractivity contribution in [1.82, 2.24) is 4.98 Å². The zero-order valence-electron chi connectivity index (χ0n) is 12.2. The average Bonchev–Trinajstić information content (AvgIpc) is 2.46. The number of nitrogens with zero attached hydrogens (tertiary/aromatic N) is 1. The fraction of sp³-hybridized carbons (Fsp3) is 0.438. The van der Waals surface area contributed by atoms with E-state index in [0.717, 1.165) is 31.6 Å². The minimum Gasteiger partial charge on any atom is -0.371 e. The van der Waals surface area contributed by atoms with Crippen molar-refractivity contribution in [3.63, 3.8) is 0 Å². The number of H-pyrrole nitrogens is 1. The SMILES string of the molecule is CC1CCN(c2ccc3[nH]c(=O)cc(C(F)(F)F)c3c2)CC1. The topological polar surface area (TPSA) is 36.1 Å². The Kier molecular flexibility index (Phi) is 3.62. The van der Waals surface area contributed by atoms with Crippen molar-refractivity contribution >= 4 is 16.6 Å². The lowest BCUT2D eigenvalue weighted by Crippen LogP contribution is -2.32. The molecule has 0 unspecified atom stereocenters. The Balaban J connectivity index is 2.09. The van der Waals surface area contributed by atoms with Crippen LogP contribution in [0.25, 0.3) is 10.9 Å². The van der Waals surface area contributed by atoms with Crippen LogP contribution in [0.4, 0.5) is 18.9 Å². The van der Waals surface area contributed by atoms with Gasteiger partial charge in [-0.2, -0.15) is 13.2 Å². The van der Waals surface area contributed by atoms with E-state index in [9.17, 15) is 18.0 Å². The normalized spacial score (nSPS) is 17.2. The Hall–Kier alpha value is -1.98. The Morgan fingerprint density at radius 1 is 1.18 bits per heavy atom. The number of nitrogens with one attached hydrogen (secondary N) is 1. The maximum Gasteiger partial charge on any atom is 0.417 e. The van der Waals surface area contributed by atoms with Gasteiger partial charge in [0.1, 0.15) is 0 Å². The molecule has 0 saturated carbocycles. The predicted molar refractivity (Wildman–Crippen MR) is 80.2 cm³/mol. The minimum absolute atomic E-state index is 0.0446. The van der Waals surface area contributed by atoms with Crippen molar-refractivity contribution in [3.05, 3.63) is 40.2 Å². The first kappa shape index (κ1) is 14.9. The van der Waals surface area contributed by atoms with Crippen LogP contribution in [0.1, 0.15) is 25.3 Å². The summed E-state index contributed by atoms with van der Waals surface area (Å²) in [6.07, 6.45) is -2.47. The van der Waals surface area contributed by atoms with Gasteiger partial charge in [0.25, 0.3) is 0 Å². The maximum absolute atomic E-state index is 13.2. The second kappa shape index (κ2) is 5.34. The van der Waals surface area contributed by atoms with Crippen LogP contribution < -0.4 is 10.5 Å². The molecule has 1 saturated heterocycles. The van der Waals surface area contributed by atoms with Crippen LogP contribution >= 0.6 is 0 Å². The third-order valence-electron chi connectivity index (χ3n) is 4.28. The zero-order valence-corrected chi connectivity index (χ0v) is 12.2. The lowest BCUT2D eigenvalue weighted by Gasteiger charge is -2.32. The van der Waals surface area contributed by atoms with Gasteiger partial charge in [-0.1, -0.05) is 6.92 Å². The molecule has 2 heterocycles. The number of pyridine rings is 1. The van der Waals surface area contributed by atoms with E-state index in [1.54, 1.807) is 12.1 Å². The quantitative estimate of drug-likeness (QED) is 0.870. The Morgan fingerprint density at radius 2 is 1.86 bits per heavy atom. The molecule has 22 heavy (non-hydrogen) atoms. The van der Waals surface area contributed by atoms with Crippen molar-refractivity contribution < 1.29 is 13.2 Å². The highest BCUT2D eigenvalue weighted by atomic mass is 19.4. The molecule has 0 bridgehead atoms. The fourth-order valence-electron chi connectivity index (χ4n) is 2.94. The van der Waals surface area contributed by atoms with Crippen LogP contribution in [-0.4, -0.2) is 18.1 Å². The smallest absolute Gasteiger partial charge is 0.371 e. The molecule has 0 radical (unpaired) electrons. The van der Waals surface area contributed by atoms with E-state index in [-0.39, 0.29) is 10.9 Å². The second-order valence-corrected chi connectivity index (χ2v) is 5.94. The molecule has 2 aromatic rings. The number of benzene rings is 1. The van der Waals surface area contributed by atoms with Crippen LogP contribution in [-0.2, 0) is 6.18 Å². The number of hydrogen-bond donors (Lipinski definition) is 1. The molecular weight excluding hydrogens is 293 g/mol. The maximum atomic E-state index is 13.2. The van der Waals surface area contributed by atoms with Gasteiger partial charge in [0.15, 0.2) is 0 Å². The highest BCUT2D eigenvalue weighted by Crippen LogP contribution is 2.35. The summed E-state index contributed by atoms with van der Waals surface area (Å²) in [5.41, 5.74) is -0.622. The summed E-state index contributed by atoms with van der Waals surface area (Å²) in [6.45, 7) is 3.87. The standard InChI is InChI=1S/C16H17F3N2O/c1-10-4-6-21(7-5-10)11-2-3-14-12(8-11)13(16(17,18)19)9-15(22)20-14/h2-3,8-10H,4-7H2,1H3,(H,20,22). The Morgan fingerprint density at radius 3 is 2.50 bits per heavy atom. The third-order valence-corrected chi connectivity index (χ3v) is 4.28. The van der Waals surface area contributed by atoms with Crippen molar-refractivity contribution in [2.24, 2.45) is 5.92 Å². The summed E-state index contributed by atoms with van der Waals surface area (Å²) in [6, 6.07) is 5.49. The molecule has 3 rings (SSSR count). The number of fused-ring (bicyclic) bond motifs is 1. The van der Waals surface area contributed by atoms with E-state index in [2.05, 4.69) is 16.8 Å². The van der Waals surface area contributed by atoms with E-state index < -0.39 is 17.3 Å². The molecule has 1 aliphatic heterocycles. The first-order chi connectivity index (χ1) is 10.3. The van der Waals surface area contributed by atoms with Crippen molar-refractivity contribution in [2.75, 3.05) is 18.0 Å². The number of halogens is 3. The van der Waals surface area contributed by atoms with Gasteiger partial charge < -0.3 is 9.88 Å². The van der Waals surface area contributed by atoms with Crippen LogP contribution in [0.15, 0.2) is 29.1 Å². The van der Waals surface area contributed by atoms with Gasteiger partial charge in [-0.25, -0.2) is 0 Å². The number of alkyl halides is 3. The number of piperidine rings is 1. The van der Waals surface area contributed by atoms with Crippen LogP contribution in [0.2, 0.25) is 0 Å². The molecule has 1 aromatic heterocycles. The van der Waals surface area contributed by atoms with Crippen LogP contribution in [0.5, 0.6) is 0 Å². The van der Waals surface area contributed by atoms with Gasteiger partial charge in [-0.15, -0.1) is 0 Å². The minimum atomic E-state index is -4.54. The van der Waals surface area contributed by atoms with Crippen LogP contribution in [0, 0.1) is 5.92 Å². The van der Waals surface area contributed by atoms with E-state index in [4.69, 9.17) is 0 Å². The molecule has 1 N–H and O–H groups in total. The third kappa shape index (κ3) is 2.82. The summed E-state index contributed by atoms with van der Waals surface area (Å²) in [5.74, 6) is 0.652. The summed E-state index contributed by atoms with van der Waals surface area (Å²) in [5, 5.41) is 0.0446. The molecule has 1 fully saturated rings. The second-order valence-electron chi connectivity index (χ2n) is 5.94. The summed E-state index contributed by atoms with van der Waals surface area (Å²) in [4.78, 5) is 16.0. The van der Waals surface area contributed by atoms with E-state index >= 15 is 0 Å². The molecule has 3 nitrogen and oxygen atoms in total. The highest BCUT2D eigenvalue weighted by Gasteiger charge is 2.33. The Labute approximate surface area is 125 Å². The fourth-order valence-corrected chi connectivity index (χ4v) is 2.94. The number of aromatic nitrogens is 1. The van der Waals surface area contributed by atoms with Crippen molar-refractivity contribution in [3.8, 4) is 0 Å². The highest BCUT2D eigenvalue weighted by molar-refractivity contribution is 5.86. The molecule has 0 amide bonds. The van der Waals surface area contributed by atoms with Gasteiger partial charge in [-0.3, -0.25) is 4.79 Å². The van der Waals surface area contributed by atoms with E-state index in [1.807, 2.05) is 0 Å². The van der Waals surface area contributed by atoms with E-state index in [1.165, 1.54) is 6.07 Å². The number of rotatable bonds is 1. The summed E-state index contributed by atoms with van der Waals surface area (Å²) < 4.78 is 39.5. The zero-order chi connectivity index (χ0) is 15.9. The summed E-state index contributed by atoms with van der Waals surface area (Å²) >= 11 is 0. The first-order valence-corrected chi connectivity index (χ1v) is 7.34. The van der Waals surface area contributed by atoms with Gasteiger partial charge in [0, 0.05) is 35.7 Å². The Bertz CT molecular complexity index is 743. The monoisotopic (exact) mass is 310 g/mol. The van der Waals surface area contributed by atoms with Crippen molar-refractivity contribution in [2.45, 2.75) is 25.9 Å². The van der Waals surface area contributed by atoms with Gasteiger partial charge in [0.2, 0.25) is 5.56 Å². The molecule has 0 aliphatic carbocycles. The van der Waals surface area contributed by atoms with Crippen molar-refractivity contribution in [1.29, 1.82) is 0 Å². The number of anilines is 1. The van der Waals surface area contributed by atoms with E-state index in [0.29, 0.717) is 12.0 Å². The summed E-state index contributed by atoms with van der Waals surface area (Å²) in [7, 11) is 0. The van der Waals surface area contributed by atoms with Gasteiger partial charge in [-0.05, 0) is 37.0 Å². The van der Waals surface area contributed by atoms with Crippen LogP contribution in [0.3, 0.4) is 0 Å². The molecule has 1 aromatic carbocycles. The lowest BCUT2D eigenvalue weighted by atomic mass is 9.98. The molecule has 0 atom stereocenters. The van der Waals surface area contributed by atoms with Gasteiger partial charge in [0.05, 0.1) is 5.56 Å². The largest absolute Gasteiger partial charge is 0.417 e. The first-order valence-electron chi connectivity index (χ1n) is 7.34. The molecule has 0 spiro atoms. The molecule has 6 heteroatoms.